The zero-order valence-corrected chi connectivity index (χ0v) is 15.0. The van der Waals surface area contributed by atoms with E-state index in [1.54, 1.807) is 0 Å². The fourth-order valence-corrected chi connectivity index (χ4v) is 2.94. The molecule has 1 N–H and O–H groups in total. The standard InChI is InChI=1S/C16H9Cl2F4N5/c1-7(16(20,21)22)25-15-12(11-9(17)3-2-4-10(11)19)13(18)26-14-8(5-23)6-24-27(14)15/h2-4,6-7,25H,1H3/t7-/m0/s1. The first-order valence-electron chi connectivity index (χ1n) is 7.40. The number of aromatic nitrogens is 3. The molecule has 0 radical (unpaired) electrons. The van der Waals surface area contributed by atoms with Crippen molar-refractivity contribution in [3.8, 4) is 17.2 Å². The number of anilines is 1. The molecule has 3 aromatic rings. The second kappa shape index (κ2) is 6.87. The van der Waals surface area contributed by atoms with E-state index >= 15 is 0 Å². The van der Waals surface area contributed by atoms with Crippen LogP contribution in [0.15, 0.2) is 24.4 Å². The van der Waals surface area contributed by atoms with Crippen molar-refractivity contribution in [1.29, 1.82) is 5.26 Å². The molecule has 27 heavy (non-hydrogen) atoms. The molecule has 0 aliphatic heterocycles. The van der Waals surface area contributed by atoms with E-state index in [4.69, 9.17) is 28.5 Å². The lowest BCUT2D eigenvalue weighted by Crippen LogP contribution is -2.34. The Balaban J connectivity index is 2.38. The SMILES string of the molecule is C[C@H](Nc1c(-c2c(F)cccc2Cl)c(Cl)nc2c(C#N)cnn12)C(F)(F)F. The van der Waals surface area contributed by atoms with Gasteiger partial charge in [-0.2, -0.15) is 28.0 Å². The van der Waals surface area contributed by atoms with Gasteiger partial charge in [-0.25, -0.2) is 9.37 Å². The number of fused-ring (bicyclic) bond motifs is 1. The van der Waals surface area contributed by atoms with E-state index in [0.717, 1.165) is 23.7 Å². The number of nitriles is 1. The number of rotatable bonds is 3. The Bertz CT molecular complexity index is 1050. The van der Waals surface area contributed by atoms with Crippen LogP contribution < -0.4 is 5.32 Å². The molecule has 0 aliphatic rings. The predicted octanol–water partition coefficient (Wildman–Crippen LogP) is 5.08. The van der Waals surface area contributed by atoms with Gasteiger partial charge < -0.3 is 5.32 Å². The summed E-state index contributed by atoms with van der Waals surface area (Å²) in [5.74, 6) is -1.09. The molecule has 1 aromatic carbocycles. The molecule has 3 rings (SSSR count). The van der Waals surface area contributed by atoms with E-state index < -0.39 is 18.0 Å². The van der Waals surface area contributed by atoms with Crippen molar-refractivity contribution in [1.82, 2.24) is 14.6 Å². The highest BCUT2D eigenvalue weighted by atomic mass is 35.5. The summed E-state index contributed by atoms with van der Waals surface area (Å²) in [6, 6.07) is 3.58. The molecule has 2 aromatic heterocycles. The zero-order chi connectivity index (χ0) is 19.9. The van der Waals surface area contributed by atoms with Gasteiger partial charge in [0.2, 0.25) is 0 Å². The van der Waals surface area contributed by atoms with Crippen molar-refractivity contribution < 1.29 is 17.6 Å². The van der Waals surface area contributed by atoms with E-state index in [1.807, 2.05) is 6.07 Å². The van der Waals surface area contributed by atoms with Crippen LogP contribution in [-0.4, -0.2) is 26.8 Å². The van der Waals surface area contributed by atoms with E-state index in [0.29, 0.717) is 0 Å². The van der Waals surface area contributed by atoms with Gasteiger partial charge in [-0.3, -0.25) is 0 Å². The third-order valence-electron chi connectivity index (χ3n) is 3.78. The van der Waals surface area contributed by atoms with Crippen LogP contribution >= 0.6 is 23.2 Å². The van der Waals surface area contributed by atoms with Gasteiger partial charge in [0.05, 0.1) is 16.8 Å². The maximum atomic E-state index is 14.4. The quantitative estimate of drug-likeness (QED) is 0.476. The van der Waals surface area contributed by atoms with Crippen LogP contribution in [0, 0.1) is 17.1 Å². The van der Waals surface area contributed by atoms with Gasteiger partial charge in [0.1, 0.15) is 34.5 Å². The second-order valence-corrected chi connectivity index (χ2v) is 6.30. The summed E-state index contributed by atoms with van der Waals surface area (Å²) >= 11 is 12.2. The van der Waals surface area contributed by atoms with Gasteiger partial charge in [-0.05, 0) is 19.1 Å². The van der Waals surface area contributed by atoms with E-state index in [9.17, 15) is 17.6 Å². The third-order valence-corrected chi connectivity index (χ3v) is 4.37. The summed E-state index contributed by atoms with van der Waals surface area (Å²) in [6.45, 7) is 0.877. The number of hydrogen-bond acceptors (Lipinski definition) is 4. The summed E-state index contributed by atoms with van der Waals surface area (Å²) in [5, 5.41) is 14.8. The van der Waals surface area contributed by atoms with Gasteiger partial charge in [-0.1, -0.05) is 29.3 Å². The van der Waals surface area contributed by atoms with Crippen molar-refractivity contribution in [2.75, 3.05) is 5.32 Å². The Labute approximate surface area is 160 Å². The van der Waals surface area contributed by atoms with Crippen LogP contribution in [0.4, 0.5) is 23.4 Å². The number of nitrogens with zero attached hydrogens (tertiary/aromatic N) is 4. The summed E-state index contributed by atoms with van der Waals surface area (Å²) in [5.41, 5.74) is -0.512. The van der Waals surface area contributed by atoms with Crippen molar-refractivity contribution in [2.24, 2.45) is 0 Å². The van der Waals surface area contributed by atoms with Crippen LogP contribution in [0.2, 0.25) is 10.2 Å². The van der Waals surface area contributed by atoms with E-state index in [-0.39, 0.29) is 38.3 Å². The van der Waals surface area contributed by atoms with Crippen molar-refractivity contribution in [3.05, 3.63) is 46.0 Å². The highest BCUT2D eigenvalue weighted by Crippen LogP contribution is 2.41. The molecule has 0 amide bonds. The number of benzene rings is 1. The first kappa shape index (κ1) is 19.2. The molecular weight excluding hydrogens is 409 g/mol. The van der Waals surface area contributed by atoms with Crippen molar-refractivity contribution >= 4 is 34.7 Å². The first-order chi connectivity index (χ1) is 12.6. The van der Waals surface area contributed by atoms with Crippen LogP contribution in [0.3, 0.4) is 0 Å². The minimum Gasteiger partial charge on any atom is -0.358 e. The summed E-state index contributed by atoms with van der Waals surface area (Å²) in [7, 11) is 0. The average Bonchev–Trinajstić information content (AvgIpc) is 2.98. The number of alkyl halides is 3. The molecule has 0 bridgehead atoms. The number of nitrogens with one attached hydrogen (secondary N) is 1. The highest BCUT2D eigenvalue weighted by Gasteiger charge is 2.37. The maximum absolute atomic E-state index is 14.4. The Morgan fingerprint density at radius 1 is 1.26 bits per heavy atom. The van der Waals surface area contributed by atoms with Gasteiger partial charge in [0, 0.05) is 5.56 Å². The molecule has 0 saturated heterocycles. The molecule has 0 spiro atoms. The topological polar surface area (TPSA) is 66.0 Å². The van der Waals surface area contributed by atoms with E-state index in [2.05, 4.69) is 15.4 Å². The Morgan fingerprint density at radius 3 is 2.56 bits per heavy atom. The molecule has 140 valence electrons. The minimum atomic E-state index is -4.61. The molecule has 0 fully saturated rings. The fraction of sp³-hybridized carbons (Fsp3) is 0.188. The molecule has 1 atom stereocenters. The Hall–Kier alpha value is -2.57. The minimum absolute atomic E-state index is 0.00853. The molecule has 2 heterocycles. The molecular formula is C16H9Cl2F4N5. The molecule has 11 heteroatoms. The molecule has 5 nitrogen and oxygen atoms in total. The zero-order valence-electron chi connectivity index (χ0n) is 13.4. The van der Waals surface area contributed by atoms with Crippen molar-refractivity contribution in [3.63, 3.8) is 0 Å². The maximum Gasteiger partial charge on any atom is 0.408 e. The van der Waals surface area contributed by atoms with Crippen LogP contribution in [-0.2, 0) is 0 Å². The molecule has 0 aliphatic carbocycles. The lowest BCUT2D eigenvalue weighted by Gasteiger charge is -2.22. The smallest absolute Gasteiger partial charge is 0.358 e. The lowest BCUT2D eigenvalue weighted by molar-refractivity contribution is -0.138. The van der Waals surface area contributed by atoms with Crippen LogP contribution in [0.25, 0.3) is 16.8 Å². The largest absolute Gasteiger partial charge is 0.408 e. The van der Waals surface area contributed by atoms with Gasteiger partial charge >= 0.3 is 6.18 Å². The summed E-state index contributed by atoms with van der Waals surface area (Å²) in [6.07, 6.45) is -3.49. The Kier molecular flexibility index (Phi) is 4.88. The van der Waals surface area contributed by atoms with Gasteiger partial charge in [0.15, 0.2) is 5.65 Å². The van der Waals surface area contributed by atoms with Gasteiger partial charge in [-0.15, -0.1) is 0 Å². The predicted molar refractivity (Wildman–Crippen MR) is 92.3 cm³/mol. The first-order valence-corrected chi connectivity index (χ1v) is 8.15. The highest BCUT2D eigenvalue weighted by molar-refractivity contribution is 6.36. The fourth-order valence-electron chi connectivity index (χ4n) is 2.42. The number of halogens is 6. The Morgan fingerprint density at radius 2 is 1.96 bits per heavy atom. The monoisotopic (exact) mass is 417 g/mol. The summed E-state index contributed by atoms with van der Waals surface area (Å²) < 4.78 is 54.7. The van der Waals surface area contributed by atoms with E-state index in [1.165, 1.54) is 12.1 Å². The molecule has 0 unspecified atom stereocenters. The normalized spacial score (nSPS) is 12.8. The second-order valence-electron chi connectivity index (χ2n) is 5.54. The number of hydrogen-bond donors (Lipinski definition) is 1. The van der Waals surface area contributed by atoms with Crippen LogP contribution in [0.5, 0.6) is 0 Å². The van der Waals surface area contributed by atoms with Crippen molar-refractivity contribution in [2.45, 2.75) is 19.1 Å². The molecule has 0 saturated carbocycles. The average molecular weight is 418 g/mol. The van der Waals surface area contributed by atoms with Gasteiger partial charge in [0.25, 0.3) is 0 Å². The third kappa shape index (κ3) is 3.38. The lowest BCUT2D eigenvalue weighted by atomic mass is 10.1. The van der Waals surface area contributed by atoms with Crippen LogP contribution in [0.1, 0.15) is 12.5 Å². The summed E-state index contributed by atoms with van der Waals surface area (Å²) in [4.78, 5) is 3.99.